The van der Waals surface area contributed by atoms with Gasteiger partial charge in [-0.05, 0) is 49.6 Å². The van der Waals surface area contributed by atoms with Gasteiger partial charge in [0, 0.05) is 29.9 Å². The summed E-state index contributed by atoms with van der Waals surface area (Å²) in [5.74, 6) is 3.87. The number of anilines is 1. The molecule has 3 heterocycles. The highest BCUT2D eigenvalue weighted by atomic mass is 32.2. The Morgan fingerprint density at radius 2 is 2.21 bits per heavy atom. The van der Waals surface area contributed by atoms with Gasteiger partial charge in [-0.25, -0.2) is 14.4 Å². The molecule has 180 valence electrons. The molecule has 1 aliphatic rings. The highest BCUT2D eigenvalue weighted by molar-refractivity contribution is 8.16. The van der Waals surface area contributed by atoms with E-state index in [0.717, 1.165) is 63.5 Å². The number of rotatable bonds is 8. The van der Waals surface area contributed by atoms with E-state index < -0.39 is 0 Å². The van der Waals surface area contributed by atoms with Crippen molar-refractivity contribution >= 4 is 51.9 Å². The number of pyridine rings is 1. The number of aliphatic imine (C=N–C) groups is 1. The van der Waals surface area contributed by atoms with Gasteiger partial charge in [-0.2, -0.15) is 0 Å². The molecule has 0 bridgehead atoms. The number of hydrogen-bond acceptors (Lipinski definition) is 7. The first-order valence-corrected chi connectivity index (χ1v) is 12.6. The molecule has 0 aliphatic carbocycles. The first-order valence-electron chi connectivity index (χ1n) is 10.6. The van der Waals surface area contributed by atoms with E-state index in [1.807, 2.05) is 30.0 Å². The zero-order valence-corrected chi connectivity index (χ0v) is 20.8. The van der Waals surface area contributed by atoms with Gasteiger partial charge in [-0.3, -0.25) is 9.79 Å². The lowest BCUT2D eigenvalue weighted by Crippen LogP contribution is -2.13. The number of carbonyl (C=O) groups is 1. The van der Waals surface area contributed by atoms with Crippen molar-refractivity contribution in [2.45, 2.75) is 37.9 Å². The van der Waals surface area contributed by atoms with Crippen LogP contribution in [0.1, 0.15) is 25.8 Å². The van der Waals surface area contributed by atoms with E-state index in [1.165, 1.54) is 6.07 Å². The summed E-state index contributed by atoms with van der Waals surface area (Å²) >= 11 is 3.47. The SMILES string of the molecule is C#CC.CCc1ccc(F)cc1NCCC1CSC(CSc2nc3ncccc3[nH]2)=N1.O=CO. The minimum atomic E-state index is -0.250. The Bertz CT molecular complexity index is 1100. The zero-order chi connectivity index (χ0) is 24.8. The number of H-pyrrole nitrogens is 1. The van der Waals surface area contributed by atoms with Crippen molar-refractivity contribution in [3.8, 4) is 12.3 Å². The van der Waals surface area contributed by atoms with Crippen LogP contribution in [0.15, 0.2) is 46.7 Å². The Morgan fingerprint density at radius 1 is 1.44 bits per heavy atom. The molecule has 10 heteroatoms. The van der Waals surface area contributed by atoms with E-state index in [0.29, 0.717) is 6.04 Å². The summed E-state index contributed by atoms with van der Waals surface area (Å²) in [6.07, 6.45) is 8.18. The van der Waals surface area contributed by atoms with Gasteiger partial charge in [0.25, 0.3) is 6.47 Å². The predicted molar refractivity (Wildman–Crippen MR) is 140 cm³/mol. The van der Waals surface area contributed by atoms with Gasteiger partial charge in [-0.1, -0.05) is 24.8 Å². The summed E-state index contributed by atoms with van der Waals surface area (Å²) in [7, 11) is 0. The maximum Gasteiger partial charge on any atom is 0.290 e. The second kappa shape index (κ2) is 15.0. The largest absolute Gasteiger partial charge is 0.483 e. The van der Waals surface area contributed by atoms with Crippen LogP contribution < -0.4 is 5.32 Å². The number of nitrogens with zero attached hydrogens (tertiary/aromatic N) is 3. The van der Waals surface area contributed by atoms with Crippen LogP contribution in [0.25, 0.3) is 11.2 Å². The number of aryl methyl sites for hydroxylation is 1. The van der Waals surface area contributed by atoms with Gasteiger partial charge < -0.3 is 15.4 Å². The summed E-state index contributed by atoms with van der Waals surface area (Å²) in [5, 5.41) is 12.3. The lowest BCUT2D eigenvalue weighted by Gasteiger charge is -2.12. The zero-order valence-electron chi connectivity index (χ0n) is 19.1. The number of hydrogen-bond donors (Lipinski definition) is 3. The van der Waals surface area contributed by atoms with Gasteiger partial charge in [-0.15, -0.1) is 24.1 Å². The molecule has 2 aromatic heterocycles. The van der Waals surface area contributed by atoms with E-state index >= 15 is 0 Å². The maximum atomic E-state index is 13.5. The van der Waals surface area contributed by atoms with Gasteiger partial charge in [0.1, 0.15) is 5.82 Å². The molecule has 0 amide bonds. The van der Waals surface area contributed by atoms with Crippen LogP contribution in [0.4, 0.5) is 10.1 Å². The lowest BCUT2D eigenvalue weighted by molar-refractivity contribution is -0.122. The Balaban J connectivity index is 0.000000618. The fourth-order valence-electron chi connectivity index (χ4n) is 3.11. The van der Waals surface area contributed by atoms with Gasteiger partial charge >= 0.3 is 0 Å². The number of benzene rings is 1. The molecule has 0 spiro atoms. The minimum Gasteiger partial charge on any atom is -0.483 e. The number of halogens is 1. The van der Waals surface area contributed by atoms with Crippen molar-refractivity contribution in [3.63, 3.8) is 0 Å². The number of terminal acetylenes is 1. The van der Waals surface area contributed by atoms with Gasteiger partial charge in [0.15, 0.2) is 10.8 Å². The van der Waals surface area contributed by atoms with E-state index in [4.69, 9.17) is 14.9 Å². The fourth-order valence-corrected chi connectivity index (χ4v) is 5.14. The molecule has 0 radical (unpaired) electrons. The number of fused-ring (bicyclic) bond motifs is 1. The first kappa shape index (κ1) is 27.2. The first-order chi connectivity index (χ1) is 16.5. The highest BCUT2D eigenvalue weighted by Crippen LogP contribution is 2.26. The smallest absolute Gasteiger partial charge is 0.290 e. The van der Waals surface area contributed by atoms with E-state index in [1.54, 1.807) is 30.9 Å². The third-order valence-corrected chi connectivity index (χ3v) is 6.78. The maximum absolute atomic E-state index is 13.5. The normalized spacial score (nSPS) is 14.2. The van der Waals surface area contributed by atoms with Crippen LogP contribution in [-0.4, -0.2) is 55.7 Å². The molecular weight excluding hydrogens is 473 g/mol. The molecule has 1 atom stereocenters. The molecule has 3 aromatic rings. The van der Waals surface area contributed by atoms with Crippen molar-refractivity contribution in [1.29, 1.82) is 0 Å². The average Bonchev–Trinajstić information content (AvgIpc) is 3.45. The third-order valence-electron chi connectivity index (χ3n) is 4.58. The van der Waals surface area contributed by atoms with Crippen LogP contribution >= 0.6 is 23.5 Å². The molecule has 3 N–H and O–H groups in total. The Kier molecular flexibility index (Phi) is 12.0. The third kappa shape index (κ3) is 8.72. The number of thioether (sulfide) groups is 2. The van der Waals surface area contributed by atoms with Crippen molar-refractivity contribution in [2.75, 3.05) is 23.4 Å². The van der Waals surface area contributed by atoms with Crippen molar-refractivity contribution in [1.82, 2.24) is 15.0 Å². The molecule has 0 fully saturated rings. The summed E-state index contributed by atoms with van der Waals surface area (Å²) in [6, 6.07) is 9.14. The van der Waals surface area contributed by atoms with Crippen LogP contribution in [0.5, 0.6) is 0 Å². The second-order valence-electron chi connectivity index (χ2n) is 6.96. The monoisotopic (exact) mass is 501 g/mol. The number of carboxylic acid groups (broad SMARTS) is 1. The van der Waals surface area contributed by atoms with E-state index in [2.05, 4.69) is 39.5 Å². The Morgan fingerprint density at radius 3 is 2.91 bits per heavy atom. The van der Waals surface area contributed by atoms with Crippen LogP contribution in [0.3, 0.4) is 0 Å². The number of aromatic nitrogens is 3. The Labute approximate surface area is 207 Å². The van der Waals surface area contributed by atoms with Crippen LogP contribution in [0.2, 0.25) is 0 Å². The number of imidazole rings is 1. The topological polar surface area (TPSA) is 103 Å². The second-order valence-corrected chi connectivity index (χ2v) is 9.01. The molecule has 0 saturated carbocycles. The number of aromatic amines is 1. The molecule has 1 aliphatic heterocycles. The molecule has 1 unspecified atom stereocenters. The molecular formula is C24H28FN5O2S2. The van der Waals surface area contributed by atoms with Gasteiger partial charge in [0.05, 0.1) is 16.6 Å². The average molecular weight is 502 g/mol. The van der Waals surface area contributed by atoms with Crippen molar-refractivity contribution in [2.24, 2.45) is 4.99 Å². The molecule has 7 nitrogen and oxygen atoms in total. The van der Waals surface area contributed by atoms with Crippen molar-refractivity contribution in [3.05, 3.63) is 47.9 Å². The fraction of sp³-hybridized carbons (Fsp3) is 0.333. The van der Waals surface area contributed by atoms with Crippen LogP contribution in [0, 0.1) is 18.2 Å². The summed E-state index contributed by atoms with van der Waals surface area (Å²) < 4.78 is 13.5. The predicted octanol–water partition coefficient (Wildman–Crippen LogP) is 5.11. The standard InChI is InChI=1S/C20H22FN5S2.C3H4.CH2O2/c1-2-13-5-6-14(21)10-17(13)22-9-7-15-11-27-18(24-15)12-28-20-25-16-4-3-8-23-19(16)26-20;1-3-2;2-1-3/h3-6,8,10,15,22H,2,7,9,11-12H2,1H3,(H,23,25,26);1H,2H3;1H,(H,2,3). The summed E-state index contributed by atoms with van der Waals surface area (Å²) in [6.45, 7) is 4.28. The Hall–Kier alpha value is -3.03. The summed E-state index contributed by atoms with van der Waals surface area (Å²) in [4.78, 5) is 25.2. The molecule has 0 saturated heterocycles. The molecule has 34 heavy (non-hydrogen) atoms. The molecule has 1 aromatic carbocycles. The van der Waals surface area contributed by atoms with E-state index in [-0.39, 0.29) is 12.3 Å². The summed E-state index contributed by atoms with van der Waals surface area (Å²) in [5.41, 5.74) is 3.74. The van der Waals surface area contributed by atoms with E-state index in [9.17, 15) is 4.39 Å². The van der Waals surface area contributed by atoms with Crippen LogP contribution in [-0.2, 0) is 11.2 Å². The van der Waals surface area contributed by atoms with Gasteiger partial charge in [0.2, 0.25) is 0 Å². The lowest BCUT2D eigenvalue weighted by atomic mass is 10.1. The highest BCUT2D eigenvalue weighted by Gasteiger charge is 2.18. The minimum absolute atomic E-state index is 0.200. The quantitative estimate of drug-likeness (QED) is 0.224. The molecule has 4 rings (SSSR count). The number of nitrogens with one attached hydrogen (secondary N) is 2. The van der Waals surface area contributed by atoms with Crippen molar-refractivity contribution < 1.29 is 14.3 Å².